The van der Waals surface area contributed by atoms with Crippen LogP contribution in [0.3, 0.4) is 0 Å². The smallest absolute Gasteiger partial charge is 0.0678 e. The summed E-state index contributed by atoms with van der Waals surface area (Å²) < 4.78 is 0. The first-order valence-corrected chi connectivity index (χ1v) is 4.80. The van der Waals surface area contributed by atoms with Crippen molar-refractivity contribution in [3.63, 3.8) is 0 Å². The fraction of sp³-hybridized carbons (Fsp3) is 0.333. The number of hydrogen-bond acceptors (Lipinski definition) is 2. The van der Waals surface area contributed by atoms with Gasteiger partial charge >= 0.3 is 0 Å². The van der Waals surface area contributed by atoms with E-state index in [4.69, 9.17) is 0 Å². The highest BCUT2D eigenvalue weighted by molar-refractivity contribution is 5.87. The van der Waals surface area contributed by atoms with Gasteiger partial charge in [-0.15, -0.1) is 0 Å². The summed E-state index contributed by atoms with van der Waals surface area (Å²) in [6, 6.07) is 4.39. The molecule has 2 heteroatoms. The molecule has 0 aliphatic rings. The average Bonchev–Trinajstić information content (AvgIpc) is 2.15. The van der Waals surface area contributed by atoms with Crippen molar-refractivity contribution in [1.82, 2.24) is 10.2 Å². The molecule has 0 spiro atoms. The van der Waals surface area contributed by atoms with Crippen LogP contribution in [0.25, 0.3) is 10.8 Å². The minimum absolute atomic E-state index is 1.01. The van der Waals surface area contributed by atoms with Crippen LogP contribution in [0.5, 0.6) is 0 Å². The van der Waals surface area contributed by atoms with E-state index in [0.717, 1.165) is 11.4 Å². The zero-order valence-electron chi connectivity index (χ0n) is 9.05. The predicted octanol–water partition coefficient (Wildman–Crippen LogP) is 2.86. The lowest BCUT2D eigenvalue weighted by atomic mass is 10.0. The van der Waals surface area contributed by atoms with Gasteiger partial charge in [0.2, 0.25) is 0 Å². The fourth-order valence-electron chi connectivity index (χ4n) is 1.67. The van der Waals surface area contributed by atoms with E-state index in [-0.39, 0.29) is 0 Å². The highest BCUT2D eigenvalue weighted by Crippen LogP contribution is 2.22. The van der Waals surface area contributed by atoms with Crippen molar-refractivity contribution in [3.05, 3.63) is 34.6 Å². The van der Waals surface area contributed by atoms with Crippen LogP contribution in [-0.2, 0) is 0 Å². The van der Waals surface area contributed by atoms with Gasteiger partial charge in [-0.3, -0.25) is 0 Å². The first-order chi connectivity index (χ1) is 6.59. The van der Waals surface area contributed by atoms with E-state index in [2.05, 4.69) is 36.2 Å². The molecule has 0 amide bonds. The molecule has 0 radical (unpaired) electrons. The molecule has 0 aliphatic carbocycles. The number of aryl methyl sites for hydroxylation is 4. The summed E-state index contributed by atoms with van der Waals surface area (Å²) in [6.07, 6.45) is 0. The van der Waals surface area contributed by atoms with Gasteiger partial charge in [0.1, 0.15) is 0 Å². The van der Waals surface area contributed by atoms with E-state index in [1.54, 1.807) is 0 Å². The van der Waals surface area contributed by atoms with Crippen LogP contribution >= 0.6 is 0 Å². The second-order valence-electron chi connectivity index (χ2n) is 3.85. The highest BCUT2D eigenvalue weighted by Gasteiger charge is 2.04. The zero-order chi connectivity index (χ0) is 10.3. The van der Waals surface area contributed by atoms with Crippen molar-refractivity contribution >= 4 is 10.8 Å². The number of fused-ring (bicyclic) bond motifs is 1. The molecule has 1 aromatic heterocycles. The monoisotopic (exact) mass is 186 g/mol. The van der Waals surface area contributed by atoms with E-state index in [9.17, 15) is 0 Å². The Morgan fingerprint density at radius 2 is 1.07 bits per heavy atom. The quantitative estimate of drug-likeness (QED) is 0.632. The number of aromatic nitrogens is 2. The predicted molar refractivity (Wildman–Crippen MR) is 58.5 cm³/mol. The van der Waals surface area contributed by atoms with E-state index in [0.29, 0.717) is 0 Å². The van der Waals surface area contributed by atoms with Gasteiger partial charge < -0.3 is 0 Å². The van der Waals surface area contributed by atoms with Crippen LogP contribution in [0, 0.1) is 27.7 Å². The topological polar surface area (TPSA) is 25.8 Å². The van der Waals surface area contributed by atoms with Crippen molar-refractivity contribution in [2.24, 2.45) is 0 Å². The summed E-state index contributed by atoms with van der Waals surface area (Å²) in [5.41, 5.74) is 4.64. The van der Waals surface area contributed by atoms with Crippen LogP contribution in [0.15, 0.2) is 12.1 Å². The number of benzene rings is 1. The molecule has 14 heavy (non-hydrogen) atoms. The van der Waals surface area contributed by atoms with Crippen molar-refractivity contribution in [2.75, 3.05) is 0 Å². The molecule has 1 heterocycles. The van der Waals surface area contributed by atoms with Crippen LogP contribution < -0.4 is 0 Å². The molecule has 0 N–H and O–H groups in total. The molecular formula is C12H14N2. The molecule has 0 saturated carbocycles. The first kappa shape index (κ1) is 9.13. The maximum atomic E-state index is 4.13. The number of hydrogen-bond donors (Lipinski definition) is 0. The lowest BCUT2D eigenvalue weighted by molar-refractivity contribution is 0.963. The Labute approximate surface area is 84.0 Å². The minimum Gasteiger partial charge on any atom is -0.155 e. The third-order valence-electron chi connectivity index (χ3n) is 2.76. The molecule has 0 unspecified atom stereocenters. The van der Waals surface area contributed by atoms with Crippen molar-refractivity contribution in [3.8, 4) is 0 Å². The average molecular weight is 186 g/mol. The van der Waals surface area contributed by atoms with E-state index >= 15 is 0 Å². The molecule has 0 bridgehead atoms. The Morgan fingerprint density at radius 1 is 0.714 bits per heavy atom. The summed E-state index contributed by atoms with van der Waals surface area (Å²) in [5.74, 6) is 0. The molecule has 2 rings (SSSR count). The summed E-state index contributed by atoms with van der Waals surface area (Å²) in [4.78, 5) is 0. The molecule has 1 aromatic carbocycles. The van der Waals surface area contributed by atoms with Gasteiger partial charge in [0.15, 0.2) is 0 Å². The van der Waals surface area contributed by atoms with Crippen LogP contribution in [0.1, 0.15) is 22.5 Å². The van der Waals surface area contributed by atoms with Crippen molar-refractivity contribution < 1.29 is 0 Å². The molecule has 72 valence electrons. The molecule has 0 saturated heterocycles. The van der Waals surface area contributed by atoms with Crippen LogP contribution in [0.4, 0.5) is 0 Å². The zero-order valence-corrected chi connectivity index (χ0v) is 9.05. The largest absolute Gasteiger partial charge is 0.155 e. The third kappa shape index (κ3) is 1.27. The maximum Gasteiger partial charge on any atom is 0.0678 e. The maximum absolute atomic E-state index is 4.13. The lowest BCUT2D eigenvalue weighted by Crippen LogP contribution is -1.94. The minimum atomic E-state index is 1.01. The van der Waals surface area contributed by atoms with Gasteiger partial charge in [0, 0.05) is 10.8 Å². The third-order valence-corrected chi connectivity index (χ3v) is 2.76. The molecule has 0 atom stereocenters. The van der Waals surface area contributed by atoms with Crippen LogP contribution in [0.2, 0.25) is 0 Å². The Morgan fingerprint density at radius 3 is 1.43 bits per heavy atom. The summed E-state index contributed by atoms with van der Waals surface area (Å²) >= 11 is 0. The molecular weight excluding hydrogens is 172 g/mol. The van der Waals surface area contributed by atoms with Gasteiger partial charge in [-0.05, 0) is 51.0 Å². The summed E-state index contributed by atoms with van der Waals surface area (Å²) in [6.45, 7) is 8.26. The second-order valence-corrected chi connectivity index (χ2v) is 3.85. The van der Waals surface area contributed by atoms with Gasteiger partial charge in [0.25, 0.3) is 0 Å². The summed E-state index contributed by atoms with van der Waals surface area (Å²) in [5, 5.41) is 10.7. The molecule has 0 aliphatic heterocycles. The number of nitrogens with zero attached hydrogens (tertiary/aromatic N) is 2. The molecule has 2 aromatic rings. The molecule has 0 fully saturated rings. The Bertz CT molecular complexity index is 455. The second kappa shape index (κ2) is 3.05. The molecule has 2 nitrogen and oxygen atoms in total. The van der Waals surface area contributed by atoms with Crippen molar-refractivity contribution in [1.29, 1.82) is 0 Å². The van der Waals surface area contributed by atoms with E-state index in [1.807, 2.05) is 13.8 Å². The number of rotatable bonds is 0. The lowest BCUT2D eigenvalue weighted by Gasteiger charge is -2.07. The van der Waals surface area contributed by atoms with Gasteiger partial charge in [-0.2, -0.15) is 10.2 Å². The Hall–Kier alpha value is -1.44. The standard InChI is InChI=1S/C12H14N2/c1-7-5-11-9(3)13-14-10(4)12(11)6-8(7)2/h5-6H,1-4H3. The normalized spacial score (nSPS) is 10.9. The first-order valence-electron chi connectivity index (χ1n) is 4.80. The SMILES string of the molecule is Cc1cc2c(C)nnc(C)c2cc1C. The van der Waals surface area contributed by atoms with E-state index < -0.39 is 0 Å². The van der Waals surface area contributed by atoms with Crippen molar-refractivity contribution in [2.45, 2.75) is 27.7 Å². The van der Waals surface area contributed by atoms with Crippen LogP contribution in [-0.4, -0.2) is 10.2 Å². The Kier molecular flexibility index (Phi) is 1.99. The Balaban J connectivity index is 2.94. The van der Waals surface area contributed by atoms with Gasteiger partial charge in [0.05, 0.1) is 11.4 Å². The van der Waals surface area contributed by atoms with E-state index in [1.165, 1.54) is 21.9 Å². The highest BCUT2D eigenvalue weighted by atomic mass is 15.1. The fourth-order valence-corrected chi connectivity index (χ4v) is 1.67. The van der Waals surface area contributed by atoms with Gasteiger partial charge in [-0.1, -0.05) is 0 Å². The van der Waals surface area contributed by atoms with Gasteiger partial charge in [-0.25, -0.2) is 0 Å². The summed E-state index contributed by atoms with van der Waals surface area (Å²) in [7, 11) is 0.